The Kier molecular flexibility index (Phi) is 5.41. The Labute approximate surface area is 150 Å². The van der Waals surface area contributed by atoms with Crippen LogP contribution in [-0.4, -0.2) is 16.2 Å². The third-order valence-corrected chi connectivity index (χ3v) is 4.22. The number of rotatable bonds is 6. The van der Waals surface area contributed by atoms with Gasteiger partial charge in [0.05, 0.1) is 29.3 Å². The molecule has 0 unspecified atom stereocenters. The van der Waals surface area contributed by atoms with Crippen LogP contribution in [-0.2, 0) is 13.1 Å². The molecular formula is C18H17Cl2N3O. The highest BCUT2D eigenvalue weighted by Gasteiger charge is 2.14. The van der Waals surface area contributed by atoms with Gasteiger partial charge in [-0.05, 0) is 30.3 Å². The molecule has 0 bridgehead atoms. The smallest absolute Gasteiger partial charge is 0.119 e. The molecule has 0 saturated carbocycles. The molecule has 6 heteroatoms. The normalized spacial score (nSPS) is 10.8. The molecule has 0 radical (unpaired) electrons. The van der Waals surface area contributed by atoms with Crippen molar-refractivity contribution in [3.05, 3.63) is 70.6 Å². The second-order valence-corrected chi connectivity index (χ2v) is 6.07. The van der Waals surface area contributed by atoms with Crippen molar-refractivity contribution in [2.75, 3.05) is 6.61 Å². The van der Waals surface area contributed by atoms with E-state index < -0.39 is 0 Å². The van der Waals surface area contributed by atoms with Crippen LogP contribution in [0, 0.1) is 0 Å². The first-order chi connectivity index (χ1) is 11.7. The molecule has 1 aromatic heterocycles. The second kappa shape index (κ2) is 7.71. The quantitative estimate of drug-likeness (QED) is 0.707. The molecule has 2 aromatic carbocycles. The van der Waals surface area contributed by atoms with E-state index in [1.165, 1.54) is 0 Å². The summed E-state index contributed by atoms with van der Waals surface area (Å²) < 4.78 is 7.72. The molecule has 0 fully saturated rings. The SMILES string of the molecule is NCc1c(-c2ccc(Cl)cc2Cl)ncn1CCOc1ccccc1. The van der Waals surface area contributed by atoms with Crippen molar-refractivity contribution in [1.29, 1.82) is 0 Å². The highest BCUT2D eigenvalue weighted by atomic mass is 35.5. The molecule has 2 N–H and O–H groups in total. The highest BCUT2D eigenvalue weighted by Crippen LogP contribution is 2.31. The number of para-hydroxylation sites is 1. The van der Waals surface area contributed by atoms with Crippen molar-refractivity contribution < 1.29 is 4.74 Å². The van der Waals surface area contributed by atoms with Gasteiger partial charge in [0.1, 0.15) is 12.4 Å². The Morgan fingerprint density at radius 1 is 1.08 bits per heavy atom. The van der Waals surface area contributed by atoms with E-state index in [1.807, 2.05) is 41.0 Å². The Morgan fingerprint density at radius 3 is 2.58 bits per heavy atom. The molecule has 4 nitrogen and oxygen atoms in total. The first-order valence-corrected chi connectivity index (χ1v) is 8.32. The Balaban J connectivity index is 1.77. The van der Waals surface area contributed by atoms with Crippen LogP contribution in [0.4, 0.5) is 0 Å². The van der Waals surface area contributed by atoms with Crippen molar-refractivity contribution in [3.63, 3.8) is 0 Å². The fourth-order valence-electron chi connectivity index (χ4n) is 2.50. The third kappa shape index (κ3) is 3.73. The summed E-state index contributed by atoms with van der Waals surface area (Å²) in [4.78, 5) is 4.47. The number of aromatic nitrogens is 2. The molecule has 3 rings (SSSR count). The van der Waals surface area contributed by atoms with Gasteiger partial charge in [-0.2, -0.15) is 0 Å². The standard InChI is InChI=1S/C18H17Cl2N3O/c19-13-6-7-15(16(20)10-13)18-17(11-21)23(12-22-18)8-9-24-14-4-2-1-3-5-14/h1-7,10,12H,8-9,11,21H2. The lowest BCUT2D eigenvalue weighted by atomic mass is 10.1. The van der Waals surface area contributed by atoms with Crippen molar-refractivity contribution in [3.8, 4) is 17.0 Å². The molecule has 1 heterocycles. The van der Waals surface area contributed by atoms with E-state index in [1.54, 1.807) is 18.5 Å². The van der Waals surface area contributed by atoms with E-state index in [0.29, 0.717) is 29.7 Å². The summed E-state index contributed by atoms with van der Waals surface area (Å²) in [6.45, 7) is 1.54. The number of nitrogens with zero attached hydrogens (tertiary/aromatic N) is 2. The molecule has 24 heavy (non-hydrogen) atoms. The van der Waals surface area contributed by atoms with Gasteiger partial charge in [0.2, 0.25) is 0 Å². The van der Waals surface area contributed by atoms with Gasteiger partial charge in [-0.15, -0.1) is 0 Å². The topological polar surface area (TPSA) is 53.1 Å². The summed E-state index contributed by atoms with van der Waals surface area (Å²) in [5.41, 5.74) is 8.44. The minimum atomic E-state index is 0.361. The summed E-state index contributed by atoms with van der Waals surface area (Å²) >= 11 is 12.2. The van der Waals surface area contributed by atoms with Crippen LogP contribution in [0.1, 0.15) is 5.69 Å². The molecule has 124 valence electrons. The van der Waals surface area contributed by atoms with Gasteiger partial charge in [-0.1, -0.05) is 41.4 Å². The van der Waals surface area contributed by atoms with Gasteiger partial charge in [-0.25, -0.2) is 4.98 Å². The largest absolute Gasteiger partial charge is 0.492 e. The number of hydrogen-bond donors (Lipinski definition) is 1. The first kappa shape index (κ1) is 16.8. The zero-order valence-corrected chi connectivity index (χ0v) is 14.5. The minimum Gasteiger partial charge on any atom is -0.492 e. The minimum absolute atomic E-state index is 0.361. The number of ether oxygens (including phenoxy) is 1. The molecule has 0 spiro atoms. The lowest BCUT2D eigenvalue weighted by Gasteiger charge is -2.10. The number of halogens is 2. The lowest BCUT2D eigenvalue weighted by molar-refractivity contribution is 0.296. The van der Waals surface area contributed by atoms with Gasteiger partial charge >= 0.3 is 0 Å². The highest BCUT2D eigenvalue weighted by molar-refractivity contribution is 6.36. The van der Waals surface area contributed by atoms with Crippen molar-refractivity contribution in [1.82, 2.24) is 9.55 Å². The summed E-state index contributed by atoms with van der Waals surface area (Å²) in [6.07, 6.45) is 1.76. The van der Waals surface area contributed by atoms with Crippen LogP contribution in [0.15, 0.2) is 54.9 Å². The van der Waals surface area contributed by atoms with Crippen molar-refractivity contribution in [2.24, 2.45) is 5.73 Å². The summed E-state index contributed by atoms with van der Waals surface area (Å²) in [5, 5.41) is 1.15. The fraction of sp³-hybridized carbons (Fsp3) is 0.167. The van der Waals surface area contributed by atoms with E-state index >= 15 is 0 Å². The fourth-order valence-corrected chi connectivity index (χ4v) is 3.00. The van der Waals surface area contributed by atoms with Crippen LogP contribution >= 0.6 is 23.2 Å². The van der Waals surface area contributed by atoms with Crippen LogP contribution in [0.25, 0.3) is 11.3 Å². The van der Waals surface area contributed by atoms with Gasteiger partial charge in [-0.3, -0.25) is 0 Å². The summed E-state index contributed by atoms with van der Waals surface area (Å²) in [7, 11) is 0. The van der Waals surface area contributed by atoms with E-state index in [2.05, 4.69) is 4.98 Å². The van der Waals surface area contributed by atoms with Gasteiger partial charge < -0.3 is 15.0 Å². The third-order valence-electron chi connectivity index (χ3n) is 3.67. The first-order valence-electron chi connectivity index (χ1n) is 7.56. The maximum absolute atomic E-state index is 6.29. The van der Waals surface area contributed by atoms with Crippen LogP contribution in [0.5, 0.6) is 5.75 Å². The summed E-state index contributed by atoms with van der Waals surface area (Å²) in [5.74, 6) is 0.841. The average molecular weight is 362 g/mol. The van der Waals surface area contributed by atoms with Gasteiger partial charge in [0.15, 0.2) is 0 Å². The number of benzene rings is 2. The van der Waals surface area contributed by atoms with Crippen molar-refractivity contribution >= 4 is 23.2 Å². The number of imidazole rings is 1. The molecule has 0 aliphatic carbocycles. The zero-order valence-electron chi connectivity index (χ0n) is 13.0. The van der Waals surface area contributed by atoms with Gasteiger partial charge in [0.25, 0.3) is 0 Å². The molecule has 0 aliphatic heterocycles. The second-order valence-electron chi connectivity index (χ2n) is 5.22. The molecule has 0 saturated heterocycles. The van der Waals surface area contributed by atoms with E-state index in [4.69, 9.17) is 33.7 Å². The van der Waals surface area contributed by atoms with E-state index in [9.17, 15) is 0 Å². The summed E-state index contributed by atoms with van der Waals surface area (Å²) in [6, 6.07) is 15.1. The molecule has 3 aromatic rings. The van der Waals surface area contributed by atoms with Crippen molar-refractivity contribution in [2.45, 2.75) is 13.1 Å². The Hall–Kier alpha value is -2.01. The zero-order chi connectivity index (χ0) is 16.9. The van der Waals surface area contributed by atoms with Crippen LogP contribution < -0.4 is 10.5 Å². The molecular weight excluding hydrogens is 345 g/mol. The van der Waals surface area contributed by atoms with E-state index in [0.717, 1.165) is 22.7 Å². The molecule has 0 aliphatic rings. The predicted octanol–water partition coefficient (Wildman–Crippen LogP) is 4.39. The number of hydrogen-bond acceptors (Lipinski definition) is 3. The average Bonchev–Trinajstić information content (AvgIpc) is 2.98. The monoisotopic (exact) mass is 361 g/mol. The number of nitrogens with two attached hydrogens (primary N) is 1. The van der Waals surface area contributed by atoms with Crippen LogP contribution in [0.2, 0.25) is 10.0 Å². The maximum atomic E-state index is 6.29. The Bertz CT molecular complexity index is 818. The van der Waals surface area contributed by atoms with E-state index in [-0.39, 0.29) is 0 Å². The predicted molar refractivity (Wildman–Crippen MR) is 97.5 cm³/mol. The molecule has 0 atom stereocenters. The van der Waals surface area contributed by atoms with Crippen LogP contribution in [0.3, 0.4) is 0 Å². The Morgan fingerprint density at radius 2 is 1.88 bits per heavy atom. The maximum Gasteiger partial charge on any atom is 0.119 e. The lowest BCUT2D eigenvalue weighted by Crippen LogP contribution is -2.12. The van der Waals surface area contributed by atoms with Gasteiger partial charge in [0, 0.05) is 17.1 Å². The molecule has 0 amide bonds.